The van der Waals surface area contributed by atoms with Crippen molar-refractivity contribution >= 4 is 0 Å². The molecule has 0 radical (unpaired) electrons. The third-order valence-corrected chi connectivity index (χ3v) is 1.66. The Labute approximate surface area is 66.4 Å². The summed E-state index contributed by atoms with van der Waals surface area (Å²) in [5.74, 6) is 0. The van der Waals surface area contributed by atoms with Crippen molar-refractivity contribution < 1.29 is 5.11 Å². The van der Waals surface area contributed by atoms with E-state index in [1.807, 2.05) is 18.3 Å². The summed E-state index contributed by atoms with van der Waals surface area (Å²) in [7, 11) is 0. The summed E-state index contributed by atoms with van der Waals surface area (Å²) in [5, 5.41) is 8.69. The van der Waals surface area contributed by atoms with Gasteiger partial charge in [-0.2, -0.15) is 0 Å². The van der Waals surface area contributed by atoms with Gasteiger partial charge in [0.25, 0.3) is 0 Å². The molecule has 62 valence electrons. The average Bonchev–Trinajstić information content (AvgIpc) is 2.39. The monoisotopic (exact) mass is 154 g/mol. The van der Waals surface area contributed by atoms with Crippen LogP contribution in [0.5, 0.6) is 0 Å². The molecule has 1 aromatic rings. The van der Waals surface area contributed by atoms with E-state index in [-0.39, 0.29) is 6.61 Å². The summed E-state index contributed by atoms with van der Waals surface area (Å²) in [5.41, 5.74) is 6.55. The first kappa shape index (κ1) is 8.30. The highest BCUT2D eigenvalue weighted by molar-refractivity contribution is 5.07. The zero-order valence-corrected chi connectivity index (χ0v) is 6.53. The molecule has 0 unspecified atom stereocenters. The molecule has 0 spiro atoms. The van der Waals surface area contributed by atoms with Crippen molar-refractivity contribution in [1.82, 2.24) is 4.57 Å². The minimum atomic E-state index is 0.203. The van der Waals surface area contributed by atoms with Crippen LogP contribution in [0.25, 0.3) is 0 Å². The maximum Gasteiger partial charge on any atom is 0.0485 e. The van der Waals surface area contributed by atoms with Crippen LogP contribution < -0.4 is 5.73 Å². The maximum absolute atomic E-state index is 8.69. The number of hydrogen-bond acceptors (Lipinski definition) is 2. The van der Waals surface area contributed by atoms with Crippen molar-refractivity contribution in [1.29, 1.82) is 0 Å². The molecule has 3 nitrogen and oxygen atoms in total. The van der Waals surface area contributed by atoms with Gasteiger partial charge in [-0.15, -0.1) is 0 Å². The van der Waals surface area contributed by atoms with Gasteiger partial charge in [-0.25, -0.2) is 0 Å². The van der Waals surface area contributed by atoms with Crippen molar-refractivity contribution in [2.24, 2.45) is 5.73 Å². The quantitative estimate of drug-likeness (QED) is 0.640. The molecule has 0 saturated carbocycles. The molecule has 0 atom stereocenters. The molecule has 0 aliphatic heterocycles. The third kappa shape index (κ3) is 2.06. The Morgan fingerprint density at radius 1 is 1.55 bits per heavy atom. The summed E-state index contributed by atoms with van der Waals surface area (Å²) in [6.45, 7) is 1.68. The lowest BCUT2D eigenvalue weighted by molar-refractivity contribution is 0.296. The number of aliphatic hydroxyl groups is 1. The van der Waals surface area contributed by atoms with Gasteiger partial charge in [0.2, 0.25) is 0 Å². The van der Waals surface area contributed by atoms with Gasteiger partial charge in [0.1, 0.15) is 0 Å². The van der Waals surface area contributed by atoms with Crippen LogP contribution in [-0.4, -0.2) is 22.8 Å². The Kier molecular flexibility index (Phi) is 3.14. The number of rotatable bonds is 4. The van der Waals surface area contributed by atoms with Crippen LogP contribution in [0.2, 0.25) is 0 Å². The van der Waals surface area contributed by atoms with Crippen LogP contribution in [0.3, 0.4) is 0 Å². The zero-order chi connectivity index (χ0) is 8.10. The molecule has 0 aliphatic carbocycles. The number of aliphatic hydroxyl groups excluding tert-OH is 1. The molecular formula is C8H14N2O. The minimum Gasteiger partial charge on any atom is -0.396 e. The van der Waals surface area contributed by atoms with Crippen LogP contribution in [0.1, 0.15) is 5.69 Å². The van der Waals surface area contributed by atoms with Crippen LogP contribution in [0.15, 0.2) is 18.3 Å². The fourth-order valence-electron chi connectivity index (χ4n) is 1.15. The first-order valence-electron chi connectivity index (χ1n) is 3.83. The van der Waals surface area contributed by atoms with E-state index in [0.717, 1.165) is 12.2 Å². The molecule has 1 aromatic heterocycles. The van der Waals surface area contributed by atoms with E-state index in [0.29, 0.717) is 13.0 Å². The standard InChI is InChI=1S/C8H14N2O/c9-4-6-10-5-1-2-8(10)3-7-11/h1-2,5,11H,3-4,6-7,9H2. The van der Waals surface area contributed by atoms with Crippen LogP contribution >= 0.6 is 0 Å². The van der Waals surface area contributed by atoms with E-state index in [4.69, 9.17) is 10.8 Å². The van der Waals surface area contributed by atoms with Gasteiger partial charge < -0.3 is 15.4 Å². The number of nitrogens with zero attached hydrogens (tertiary/aromatic N) is 1. The van der Waals surface area contributed by atoms with Crippen molar-refractivity contribution in [2.45, 2.75) is 13.0 Å². The van der Waals surface area contributed by atoms with Crippen LogP contribution in [-0.2, 0) is 13.0 Å². The highest BCUT2D eigenvalue weighted by atomic mass is 16.3. The fourth-order valence-corrected chi connectivity index (χ4v) is 1.15. The minimum absolute atomic E-state index is 0.203. The Morgan fingerprint density at radius 2 is 2.36 bits per heavy atom. The molecule has 3 N–H and O–H groups in total. The predicted molar refractivity (Wildman–Crippen MR) is 44.3 cm³/mol. The molecule has 0 aromatic carbocycles. The van der Waals surface area contributed by atoms with E-state index in [1.165, 1.54) is 0 Å². The summed E-state index contributed by atoms with van der Waals surface area (Å²) in [6, 6.07) is 3.98. The van der Waals surface area contributed by atoms with Gasteiger partial charge in [-0.05, 0) is 12.1 Å². The molecule has 0 saturated heterocycles. The van der Waals surface area contributed by atoms with Crippen molar-refractivity contribution in [3.63, 3.8) is 0 Å². The lowest BCUT2D eigenvalue weighted by Gasteiger charge is -2.05. The van der Waals surface area contributed by atoms with Gasteiger partial charge in [-0.1, -0.05) is 0 Å². The Morgan fingerprint density at radius 3 is 3.00 bits per heavy atom. The Bertz CT molecular complexity index is 187. The summed E-state index contributed by atoms with van der Waals surface area (Å²) in [4.78, 5) is 0. The summed E-state index contributed by atoms with van der Waals surface area (Å²) < 4.78 is 2.07. The van der Waals surface area contributed by atoms with E-state index < -0.39 is 0 Å². The number of nitrogens with two attached hydrogens (primary N) is 1. The SMILES string of the molecule is NCCn1cccc1CCO. The third-order valence-electron chi connectivity index (χ3n) is 1.66. The normalized spacial score (nSPS) is 10.4. The van der Waals surface area contributed by atoms with E-state index in [2.05, 4.69) is 4.57 Å². The Balaban J connectivity index is 2.62. The number of aromatic nitrogens is 1. The molecule has 0 bridgehead atoms. The van der Waals surface area contributed by atoms with Crippen molar-refractivity contribution in [3.05, 3.63) is 24.0 Å². The van der Waals surface area contributed by atoms with E-state index in [9.17, 15) is 0 Å². The van der Waals surface area contributed by atoms with Crippen LogP contribution in [0, 0.1) is 0 Å². The highest BCUT2D eigenvalue weighted by Gasteiger charge is 1.97. The maximum atomic E-state index is 8.69. The van der Waals surface area contributed by atoms with Crippen molar-refractivity contribution in [3.8, 4) is 0 Å². The van der Waals surface area contributed by atoms with Gasteiger partial charge in [0.15, 0.2) is 0 Å². The van der Waals surface area contributed by atoms with Gasteiger partial charge in [0.05, 0.1) is 0 Å². The van der Waals surface area contributed by atoms with E-state index >= 15 is 0 Å². The van der Waals surface area contributed by atoms with Crippen LogP contribution in [0.4, 0.5) is 0 Å². The molecule has 0 fully saturated rings. The highest BCUT2D eigenvalue weighted by Crippen LogP contribution is 2.01. The van der Waals surface area contributed by atoms with Gasteiger partial charge in [-0.3, -0.25) is 0 Å². The van der Waals surface area contributed by atoms with E-state index in [1.54, 1.807) is 0 Å². The molecule has 11 heavy (non-hydrogen) atoms. The second-order valence-electron chi connectivity index (χ2n) is 2.46. The molecular weight excluding hydrogens is 140 g/mol. The van der Waals surface area contributed by atoms with Gasteiger partial charge in [0, 0.05) is 38.0 Å². The summed E-state index contributed by atoms with van der Waals surface area (Å²) >= 11 is 0. The van der Waals surface area contributed by atoms with Crippen molar-refractivity contribution in [2.75, 3.05) is 13.2 Å². The molecule has 0 amide bonds. The molecule has 1 rings (SSSR count). The smallest absolute Gasteiger partial charge is 0.0485 e. The van der Waals surface area contributed by atoms with Gasteiger partial charge >= 0.3 is 0 Å². The fraction of sp³-hybridized carbons (Fsp3) is 0.500. The number of hydrogen-bond donors (Lipinski definition) is 2. The Hall–Kier alpha value is -0.800. The first-order valence-corrected chi connectivity index (χ1v) is 3.83. The average molecular weight is 154 g/mol. The predicted octanol–water partition coefficient (Wildman–Crippen LogP) is -0.0184. The molecule has 3 heteroatoms. The lowest BCUT2D eigenvalue weighted by atomic mass is 10.3. The molecule has 0 aliphatic rings. The second-order valence-corrected chi connectivity index (χ2v) is 2.46. The lowest BCUT2D eigenvalue weighted by Crippen LogP contribution is -2.11. The summed E-state index contributed by atoms with van der Waals surface area (Å²) in [6.07, 6.45) is 2.70. The molecule has 1 heterocycles. The zero-order valence-electron chi connectivity index (χ0n) is 6.53. The largest absolute Gasteiger partial charge is 0.396 e. The second kappa shape index (κ2) is 4.16. The first-order chi connectivity index (χ1) is 5.38. The topological polar surface area (TPSA) is 51.2 Å².